The fourth-order valence-electron chi connectivity index (χ4n) is 3.70. The molecule has 0 aromatic heterocycles. The van der Waals surface area contributed by atoms with Gasteiger partial charge in [-0.3, -0.25) is 4.79 Å². The fourth-order valence-corrected chi connectivity index (χ4v) is 3.70. The van der Waals surface area contributed by atoms with Crippen LogP contribution in [0.2, 0.25) is 0 Å². The second-order valence-electron chi connectivity index (χ2n) is 4.70. The maximum absolute atomic E-state index is 11.1. The number of aliphatic carboxylic acids is 1. The first kappa shape index (κ1) is 7.80. The summed E-state index contributed by atoms with van der Waals surface area (Å²) in [4.78, 5) is 11.1. The van der Waals surface area contributed by atoms with E-state index in [2.05, 4.69) is 6.92 Å². The molecule has 1 saturated heterocycles. The Balaban J connectivity index is 1.97. The van der Waals surface area contributed by atoms with Gasteiger partial charge in [-0.1, -0.05) is 6.92 Å². The van der Waals surface area contributed by atoms with Crippen LogP contribution >= 0.6 is 0 Å². The summed E-state index contributed by atoms with van der Waals surface area (Å²) in [6.07, 6.45) is 3.62. The van der Waals surface area contributed by atoms with Gasteiger partial charge in [0.2, 0.25) is 0 Å². The van der Waals surface area contributed by atoms with E-state index in [0.717, 1.165) is 19.3 Å². The van der Waals surface area contributed by atoms with Crippen LogP contribution in [0.25, 0.3) is 0 Å². The molecule has 2 aliphatic carbocycles. The highest BCUT2D eigenvalue weighted by atomic mass is 16.6. The summed E-state index contributed by atoms with van der Waals surface area (Å²) in [5.41, 5.74) is 0.00116. The molecule has 3 aliphatic rings. The average Bonchev–Trinajstić information content (AvgIpc) is 2.76. The first-order valence-electron chi connectivity index (χ1n) is 5.07. The van der Waals surface area contributed by atoms with Crippen molar-refractivity contribution in [3.05, 3.63) is 0 Å². The van der Waals surface area contributed by atoms with Crippen LogP contribution in [0.3, 0.4) is 0 Å². The molecule has 3 fully saturated rings. The summed E-state index contributed by atoms with van der Waals surface area (Å²) in [7, 11) is 0. The number of carboxylic acids is 1. The molecule has 3 heteroatoms. The quantitative estimate of drug-likeness (QED) is 0.654. The normalized spacial score (nSPS) is 56.4. The van der Waals surface area contributed by atoms with Crippen molar-refractivity contribution in [1.29, 1.82) is 0 Å². The highest BCUT2D eigenvalue weighted by Crippen LogP contribution is 2.67. The van der Waals surface area contributed by atoms with Gasteiger partial charge in [0.1, 0.15) is 0 Å². The number of carbonyl (C=O) groups is 1. The highest BCUT2D eigenvalue weighted by Gasteiger charge is 2.72. The smallest absolute Gasteiger partial charge is 0.307 e. The summed E-state index contributed by atoms with van der Waals surface area (Å²) in [5, 5.41) is 9.11. The molecule has 0 aromatic carbocycles. The van der Waals surface area contributed by atoms with E-state index in [9.17, 15) is 4.79 Å². The third-order valence-corrected chi connectivity index (χ3v) is 4.39. The van der Waals surface area contributed by atoms with Crippen molar-refractivity contribution in [2.24, 2.45) is 17.3 Å². The van der Waals surface area contributed by atoms with Gasteiger partial charge >= 0.3 is 5.97 Å². The Kier molecular flexibility index (Phi) is 1.25. The topological polar surface area (TPSA) is 49.8 Å². The molecule has 3 nitrogen and oxygen atoms in total. The molecule has 5 unspecified atom stereocenters. The Morgan fingerprint density at radius 1 is 1.69 bits per heavy atom. The van der Waals surface area contributed by atoms with Gasteiger partial charge in [0, 0.05) is 5.41 Å². The van der Waals surface area contributed by atoms with Crippen molar-refractivity contribution >= 4 is 5.97 Å². The van der Waals surface area contributed by atoms with Crippen molar-refractivity contribution in [3.63, 3.8) is 0 Å². The number of hydrogen-bond acceptors (Lipinski definition) is 2. The van der Waals surface area contributed by atoms with Crippen molar-refractivity contribution in [2.75, 3.05) is 0 Å². The molecule has 1 N–H and O–H groups in total. The van der Waals surface area contributed by atoms with E-state index < -0.39 is 5.97 Å². The molecule has 13 heavy (non-hydrogen) atoms. The minimum atomic E-state index is -0.613. The summed E-state index contributed by atoms with van der Waals surface area (Å²) in [5.74, 6) is -0.199. The standard InChI is InChI=1S/C10H14O3/c1-2-10-4-5(7-8(10)13-7)3-6(10)9(11)12/h5-8H,2-4H2,1H3,(H,11,12). The van der Waals surface area contributed by atoms with Crippen LogP contribution in [0, 0.1) is 17.3 Å². The number of fused-ring (bicyclic) bond motifs is 5. The third kappa shape index (κ3) is 0.725. The molecule has 1 aliphatic heterocycles. The zero-order valence-corrected chi connectivity index (χ0v) is 7.69. The molecule has 3 rings (SSSR count). The van der Waals surface area contributed by atoms with Crippen LogP contribution in [0.4, 0.5) is 0 Å². The van der Waals surface area contributed by atoms with E-state index >= 15 is 0 Å². The Hall–Kier alpha value is -0.570. The van der Waals surface area contributed by atoms with E-state index in [-0.39, 0.29) is 17.4 Å². The predicted octanol–water partition coefficient (Wildman–Crippen LogP) is 1.27. The van der Waals surface area contributed by atoms with Crippen molar-refractivity contribution in [1.82, 2.24) is 0 Å². The Labute approximate surface area is 77.1 Å². The molecule has 0 radical (unpaired) electrons. The number of ether oxygens (including phenoxy) is 1. The van der Waals surface area contributed by atoms with Crippen molar-refractivity contribution in [2.45, 2.75) is 38.4 Å². The largest absolute Gasteiger partial charge is 0.481 e. The molecule has 1 heterocycles. The van der Waals surface area contributed by atoms with Gasteiger partial charge in [0.15, 0.2) is 0 Å². The summed E-state index contributed by atoms with van der Waals surface area (Å²) in [6.45, 7) is 2.10. The molecule has 0 spiro atoms. The molecule has 0 amide bonds. The third-order valence-electron chi connectivity index (χ3n) is 4.39. The van der Waals surface area contributed by atoms with Gasteiger partial charge < -0.3 is 9.84 Å². The van der Waals surface area contributed by atoms with Gasteiger partial charge in [-0.05, 0) is 25.2 Å². The van der Waals surface area contributed by atoms with Crippen LogP contribution in [0.1, 0.15) is 26.2 Å². The Morgan fingerprint density at radius 3 is 3.00 bits per heavy atom. The molecule has 0 aromatic rings. The molecular formula is C10H14O3. The minimum Gasteiger partial charge on any atom is -0.481 e. The maximum atomic E-state index is 11.1. The van der Waals surface area contributed by atoms with Crippen molar-refractivity contribution in [3.8, 4) is 0 Å². The van der Waals surface area contributed by atoms with Gasteiger partial charge in [-0.2, -0.15) is 0 Å². The summed E-state index contributed by atoms with van der Waals surface area (Å²) >= 11 is 0. The van der Waals surface area contributed by atoms with Gasteiger partial charge in [-0.25, -0.2) is 0 Å². The molecule has 2 saturated carbocycles. The van der Waals surface area contributed by atoms with E-state index in [0.29, 0.717) is 12.0 Å². The average molecular weight is 182 g/mol. The lowest BCUT2D eigenvalue weighted by atomic mass is 9.73. The predicted molar refractivity (Wildman–Crippen MR) is 45.2 cm³/mol. The first-order valence-corrected chi connectivity index (χ1v) is 5.07. The summed E-state index contributed by atoms with van der Waals surface area (Å²) < 4.78 is 5.55. The lowest BCUT2D eigenvalue weighted by molar-refractivity contribution is -0.146. The maximum Gasteiger partial charge on any atom is 0.307 e. The Bertz CT molecular complexity index is 275. The van der Waals surface area contributed by atoms with Gasteiger partial charge in [0.05, 0.1) is 18.1 Å². The fraction of sp³-hybridized carbons (Fsp3) is 0.900. The number of hydrogen-bond donors (Lipinski definition) is 1. The van der Waals surface area contributed by atoms with E-state index in [4.69, 9.17) is 9.84 Å². The van der Waals surface area contributed by atoms with E-state index in [1.54, 1.807) is 0 Å². The van der Waals surface area contributed by atoms with Crippen LogP contribution in [0.15, 0.2) is 0 Å². The highest BCUT2D eigenvalue weighted by molar-refractivity contribution is 5.72. The monoisotopic (exact) mass is 182 g/mol. The summed E-state index contributed by atoms with van der Waals surface area (Å²) in [6, 6.07) is 0. The second kappa shape index (κ2) is 2.08. The SMILES string of the molecule is CCC12CC(CC1C(=O)O)C1OC12. The van der Waals surface area contributed by atoms with Crippen molar-refractivity contribution < 1.29 is 14.6 Å². The van der Waals surface area contributed by atoms with E-state index in [1.165, 1.54) is 0 Å². The van der Waals surface area contributed by atoms with Crippen LogP contribution in [0.5, 0.6) is 0 Å². The van der Waals surface area contributed by atoms with Crippen LogP contribution in [-0.4, -0.2) is 23.3 Å². The lowest BCUT2D eigenvalue weighted by Crippen LogP contribution is -2.36. The molecular weight excluding hydrogens is 168 g/mol. The minimum absolute atomic E-state index is 0.00116. The van der Waals surface area contributed by atoms with Gasteiger partial charge in [0.25, 0.3) is 0 Å². The number of carboxylic acid groups (broad SMARTS) is 1. The van der Waals surface area contributed by atoms with Crippen LogP contribution < -0.4 is 0 Å². The molecule has 5 atom stereocenters. The van der Waals surface area contributed by atoms with Gasteiger partial charge in [-0.15, -0.1) is 0 Å². The van der Waals surface area contributed by atoms with E-state index in [1.807, 2.05) is 0 Å². The lowest BCUT2D eigenvalue weighted by Gasteiger charge is -2.29. The molecule has 2 bridgehead atoms. The zero-order valence-electron chi connectivity index (χ0n) is 7.69. The van der Waals surface area contributed by atoms with Crippen LogP contribution in [-0.2, 0) is 9.53 Å². The zero-order chi connectivity index (χ0) is 9.22. The number of rotatable bonds is 2. The molecule has 72 valence electrons. The number of epoxide rings is 1. The second-order valence-corrected chi connectivity index (χ2v) is 4.70. The Morgan fingerprint density at radius 2 is 2.46 bits per heavy atom. The first-order chi connectivity index (χ1) is 6.19.